The summed E-state index contributed by atoms with van der Waals surface area (Å²) < 4.78 is 2.16. The zero-order chi connectivity index (χ0) is 20.4. The molecule has 1 N–H and O–H groups in total. The van der Waals surface area contributed by atoms with E-state index in [1.165, 1.54) is 18.4 Å². The molecule has 0 unspecified atom stereocenters. The fraction of sp³-hybridized carbons (Fsp3) is 0.375. The van der Waals surface area contributed by atoms with Gasteiger partial charge in [-0.1, -0.05) is 30.5 Å². The van der Waals surface area contributed by atoms with Crippen LogP contribution >= 0.6 is 0 Å². The van der Waals surface area contributed by atoms with Gasteiger partial charge in [0.2, 0.25) is 0 Å². The lowest BCUT2D eigenvalue weighted by molar-refractivity contribution is 0.0949. The van der Waals surface area contributed by atoms with E-state index in [-0.39, 0.29) is 5.91 Å². The van der Waals surface area contributed by atoms with E-state index in [1.807, 2.05) is 38.4 Å². The van der Waals surface area contributed by atoms with Crippen molar-refractivity contribution >= 4 is 5.91 Å². The van der Waals surface area contributed by atoms with Crippen molar-refractivity contribution < 1.29 is 4.79 Å². The summed E-state index contributed by atoms with van der Waals surface area (Å²) in [5, 5.41) is 7.95. The largest absolute Gasteiger partial charge is 0.346 e. The van der Waals surface area contributed by atoms with Crippen LogP contribution in [-0.4, -0.2) is 20.7 Å². The van der Waals surface area contributed by atoms with Gasteiger partial charge in [-0.05, 0) is 62.9 Å². The summed E-state index contributed by atoms with van der Waals surface area (Å²) in [5.41, 5.74) is 7.06. The Bertz CT molecular complexity index is 994. The zero-order valence-corrected chi connectivity index (χ0v) is 17.4. The average molecular weight is 389 g/mol. The Hall–Kier alpha value is -2.95. The van der Waals surface area contributed by atoms with E-state index >= 15 is 0 Å². The van der Waals surface area contributed by atoms with Crippen molar-refractivity contribution in [3.8, 4) is 11.3 Å². The number of aryl methyl sites for hydroxylation is 3. The van der Waals surface area contributed by atoms with Crippen LogP contribution in [0.3, 0.4) is 0 Å². The Morgan fingerprint density at radius 3 is 2.38 bits per heavy atom. The average Bonchev–Trinajstić information content (AvgIpc) is 3.36. The highest BCUT2D eigenvalue weighted by Gasteiger charge is 2.22. The van der Waals surface area contributed by atoms with Crippen LogP contribution < -0.4 is 5.32 Å². The van der Waals surface area contributed by atoms with E-state index in [4.69, 9.17) is 5.10 Å². The summed E-state index contributed by atoms with van der Waals surface area (Å²) in [5.74, 6) is -0.0409. The quantitative estimate of drug-likeness (QED) is 0.675. The normalized spacial score (nSPS) is 14.3. The first kappa shape index (κ1) is 19.4. The van der Waals surface area contributed by atoms with Crippen molar-refractivity contribution in [2.24, 2.45) is 0 Å². The molecule has 2 aromatic heterocycles. The molecule has 150 valence electrons. The molecule has 0 radical (unpaired) electrons. The first-order valence-electron chi connectivity index (χ1n) is 10.4. The van der Waals surface area contributed by atoms with E-state index < -0.39 is 0 Å². The molecule has 1 saturated carbocycles. The highest BCUT2D eigenvalue weighted by Crippen LogP contribution is 2.33. The van der Waals surface area contributed by atoms with Gasteiger partial charge in [-0.15, -0.1) is 0 Å². The van der Waals surface area contributed by atoms with E-state index in [0.29, 0.717) is 12.6 Å². The molecule has 4 rings (SSSR count). The molecule has 1 fully saturated rings. The maximum Gasteiger partial charge on any atom is 0.252 e. The molecule has 29 heavy (non-hydrogen) atoms. The monoisotopic (exact) mass is 388 g/mol. The molecule has 1 aliphatic carbocycles. The molecule has 0 atom stereocenters. The third-order valence-corrected chi connectivity index (χ3v) is 5.77. The van der Waals surface area contributed by atoms with Gasteiger partial charge in [0.05, 0.1) is 24.0 Å². The van der Waals surface area contributed by atoms with Crippen molar-refractivity contribution in [1.82, 2.24) is 20.1 Å². The van der Waals surface area contributed by atoms with Gasteiger partial charge in [0.25, 0.3) is 5.91 Å². The van der Waals surface area contributed by atoms with Crippen molar-refractivity contribution in [2.75, 3.05) is 0 Å². The van der Waals surface area contributed by atoms with Crippen LogP contribution in [0, 0.1) is 20.8 Å². The predicted octanol–water partition coefficient (Wildman–Crippen LogP) is 4.92. The van der Waals surface area contributed by atoms with Crippen LogP contribution in [0.4, 0.5) is 0 Å². The Morgan fingerprint density at radius 1 is 1.07 bits per heavy atom. The van der Waals surface area contributed by atoms with Crippen molar-refractivity contribution in [2.45, 2.75) is 59.0 Å². The summed E-state index contributed by atoms with van der Waals surface area (Å²) in [4.78, 5) is 17.0. The molecule has 3 aromatic rings. The minimum absolute atomic E-state index is 0.0409. The number of pyridine rings is 1. The summed E-state index contributed by atoms with van der Waals surface area (Å²) in [6.07, 6.45) is 8.44. The molecule has 1 aromatic carbocycles. The van der Waals surface area contributed by atoms with Crippen LogP contribution in [0.1, 0.15) is 64.5 Å². The molecule has 5 nitrogen and oxygen atoms in total. The second-order valence-electron chi connectivity index (χ2n) is 8.10. The molecule has 0 aliphatic heterocycles. The standard InChI is InChI=1S/C24H28N4O/c1-16-12-17(2)23(18(3)13-16)24(29)26-15-20-14-22(19-8-10-25-11-9-19)28(27-20)21-6-4-5-7-21/h8-14,21H,4-7,15H2,1-3H3,(H,26,29). The highest BCUT2D eigenvalue weighted by atomic mass is 16.1. The molecular weight excluding hydrogens is 360 g/mol. The molecular formula is C24H28N4O. The van der Waals surface area contributed by atoms with E-state index in [9.17, 15) is 4.79 Å². The first-order valence-corrected chi connectivity index (χ1v) is 10.4. The maximum absolute atomic E-state index is 12.8. The number of carbonyl (C=O) groups is 1. The van der Waals surface area contributed by atoms with Crippen LogP contribution in [-0.2, 0) is 6.54 Å². The summed E-state index contributed by atoms with van der Waals surface area (Å²) in [6.45, 7) is 6.46. The van der Waals surface area contributed by atoms with Crippen molar-refractivity contribution in [3.05, 3.63) is 70.7 Å². The number of nitrogens with one attached hydrogen (secondary N) is 1. The number of aromatic nitrogens is 3. The van der Waals surface area contributed by atoms with Crippen LogP contribution in [0.15, 0.2) is 42.7 Å². The number of amides is 1. The second kappa shape index (κ2) is 8.19. The molecule has 0 spiro atoms. The lowest BCUT2D eigenvalue weighted by Crippen LogP contribution is -2.25. The predicted molar refractivity (Wildman–Crippen MR) is 115 cm³/mol. The van der Waals surface area contributed by atoms with E-state index in [0.717, 1.165) is 46.5 Å². The third-order valence-electron chi connectivity index (χ3n) is 5.77. The van der Waals surface area contributed by atoms with Gasteiger partial charge >= 0.3 is 0 Å². The molecule has 1 amide bonds. The SMILES string of the molecule is Cc1cc(C)c(C(=O)NCc2cc(-c3ccncc3)n(C3CCCC3)n2)c(C)c1. The second-order valence-corrected chi connectivity index (χ2v) is 8.10. The number of hydrogen-bond donors (Lipinski definition) is 1. The van der Waals surface area contributed by atoms with Gasteiger partial charge in [0.1, 0.15) is 0 Å². The maximum atomic E-state index is 12.8. The number of rotatable bonds is 5. The van der Waals surface area contributed by atoms with Crippen molar-refractivity contribution in [1.29, 1.82) is 0 Å². The van der Waals surface area contributed by atoms with Gasteiger partial charge < -0.3 is 5.32 Å². The molecule has 1 aliphatic rings. The Balaban J connectivity index is 1.57. The van der Waals surface area contributed by atoms with E-state index in [2.05, 4.69) is 40.1 Å². The summed E-state index contributed by atoms with van der Waals surface area (Å²) >= 11 is 0. The van der Waals surface area contributed by atoms with Gasteiger partial charge in [0.15, 0.2) is 0 Å². The Kier molecular flexibility index (Phi) is 5.47. The van der Waals surface area contributed by atoms with Gasteiger partial charge in [0, 0.05) is 23.5 Å². The number of hydrogen-bond acceptors (Lipinski definition) is 3. The Labute approximate surface area is 172 Å². The number of benzene rings is 1. The smallest absolute Gasteiger partial charge is 0.252 e. The molecule has 2 heterocycles. The zero-order valence-electron chi connectivity index (χ0n) is 17.4. The lowest BCUT2D eigenvalue weighted by atomic mass is 9.99. The van der Waals surface area contributed by atoms with Crippen LogP contribution in [0.25, 0.3) is 11.3 Å². The first-order chi connectivity index (χ1) is 14.0. The van der Waals surface area contributed by atoms with Crippen LogP contribution in [0.5, 0.6) is 0 Å². The number of nitrogens with zero attached hydrogens (tertiary/aromatic N) is 3. The van der Waals surface area contributed by atoms with Gasteiger partial charge in [-0.3, -0.25) is 14.5 Å². The Morgan fingerprint density at radius 2 is 1.72 bits per heavy atom. The third kappa shape index (κ3) is 4.09. The highest BCUT2D eigenvalue weighted by molar-refractivity contribution is 5.97. The molecule has 0 saturated heterocycles. The van der Waals surface area contributed by atoms with Gasteiger partial charge in [-0.25, -0.2) is 0 Å². The fourth-order valence-electron chi connectivity index (χ4n) is 4.49. The minimum atomic E-state index is -0.0409. The fourth-order valence-corrected chi connectivity index (χ4v) is 4.49. The lowest BCUT2D eigenvalue weighted by Gasteiger charge is -2.14. The minimum Gasteiger partial charge on any atom is -0.346 e. The summed E-state index contributed by atoms with van der Waals surface area (Å²) in [6, 6.07) is 10.7. The molecule has 0 bridgehead atoms. The van der Waals surface area contributed by atoms with Gasteiger partial charge in [-0.2, -0.15) is 5.10 Å². The van der Waals surface area contributed by atoms with Crippen molar-refractivity contribution in [3.63, 3.8) is 0 Å². The van der Waals surface area contributed by atoms with Crippen LogP contribution in [0.2, 0.25) is 0 Å². The topological polar surface area (TPSA) is 59.8 Å². The van der Waals surface area contributed by atoms with E-state index in [1.54, 1.807) is 0 Å². The summed E-state index contributed by atoms with van der Waals surface area (Å²) in [7, 11) is 0. The molecule has 5 heteroatoms. The number of carbonyl (C=O) groups excluding carboxylic acids is 1.